The van der Waals surface area contributed by atoms with Crippen LogP contribution in [0.25, 0.3) is 0 Å². The minimum Gasteiger partial charge on any atom is -0.207 e. The molecule has 21 heavy (non-hydrogen) atoms. The molecule has 0 radical (unpaired) electrons. The highest BCUT2D eigenvalue weighted by Crippen LogP contribution is 2.33. The van der Waals surface area contributed by atoms with Crippen LogP contribution in [0.3, 0.4) is 0 Å². The Morgan fingerprint density at radius 3 is 2.43 bits per heavy atom. The monoisotopic (exact) mass is 391 g/mol. The van der Waals surface area contributed by atoms with Crippen LogP contribution < -0.4 is 0 Å². The summed E-state index contributed by atoms with van der Waals surface area (Å²) in [4.78, 5) is 0.167. The van der Waals surface area contributed by atoms with Crippen molar-refractivity contribution in [3.8, 4) is 0 Å². The quantitative estimate of drug-likeness (QED) is 0.696. The summed E-state index contributed by atoms with van der Waals surface area (Å²) in [5.41, 5.74) is 1.39. The first-order valence-corrected chi connectivity index (χ1v) is 9.38. The molecule has 0 aromatic heterocycles. The van der Waals surface area contributed by atoms with E-state index in [0.29, 0.717) is 13.1 Å². The van der Waals surface area contributed by atoms with E-state index in [4.69, 9.17) is 11.6 Å². The summed E-state index contributed by atoms with van der Waals surface area (Å²) in [7, 11) is -3.54. The zero-order valence-electron chi connectivity index (χ0n) is 12.4. The molecular weight excluding hydrogens is 374 g/mol. The van der Waals surface area contributed by atoms with E-state index >= 15 is 0 Å². The van der Waals surface area contributed by atoms with Crippen LogP contribution in [0.5, 0.6) is 0 Å². The van der Waals surface area contributed by atoms with E-state index in [2.05, 4.69) is 36.7 Å². The fraction of sp³-hybridized carbons (Fsp3) is 0.467. The Balaban J connectivity index is 2.29. The lowest BCUT2D eigenvalue weighted by Gasteiger charge is -2.31. The maximum absolute atomic E-state index is 12.7. The number of benzene rings is 1. The number of halogens is 2. The van der Waals surface area contributed by atoms with E-state index in [0.717, 1.165) is 10.9 Å². The molecule has 0 bridgehead atoms. The molecule has 0 atom stereocenters. The molecule has 0 fully saturated rings. The van der Waals surface area contributed by atoms with E-state index in [-0.39, 0.29) is 15.3 Å². The first-order valence-electron chi connectivity index (χ1n) is 6.77. The zero-order chi connectivity index (χ0) is 15.8. The van der Waals surface area contributed by atoms with Crippen LogP contribution in [0.2, 0.25) is 5.02 Å². The standard InChI is InChI=1S/C15H19BrClNO2S/c1-15(2,3)11-6-8-18(9-7-11)21(19,20)14-5-4-12(16)10-13(14)17/h4-6,10H,7-9H2,1-3H3. The van der Waals surface area contributed by atoms with Crippen molar-refractivity contribution in [1.82, 2.24) is 4.31 Å². The maximum atomic E-state index is 12.7. The van der Waals surface area contributed by atoms with Gasteiger partial charge in [-0.15, -0.1) is 0 Å². The topological polar surface area (TPSA) is 37.4 Å². The molecule has 0 amide bonds. The Morgan fingerprint density at radius 1 is 1.29 bits per heavy atom. The highest BCUT2D eigenvalue weighted by atomic mass is 79.9. The Hall–Kier alpha value is -0.360. The number of hydrogen-bond donors (Lipinski definition) is 0. The van der Waals surface area contributed by atoms with Gasteiger partial charge in [0.15, 0.2) is 0 Å². The molecule has 0 N–H and O–H groups in total. The van der Waals surface area contributed by atoms with Crippen LogP contribution in [0.15, 0.2) is 39.2 Å². The average Bonchev–Trinajstić information content (AvgIpc) is 2.37. The van der Waals surface area contributed by atoms with Gasteiger partial charge in [0.1, 0.15) is 4.90 Å². The normalized spacial score (nSPS) is 17.7. The second-order valence-electron chi connectivity index (χ2n) is 6.17. The third kappa shape index (κ3) is 3.70. The van der Waals surface area contributed by atoms with Gasteiger partial charge < -0.3 is 0 Å². The number of hydrogen-bond acceptors (Lipinski definition) is 2. The fourth-order valence-electron chi connectivity index (χ4n) is 2.37. The maximum Gasteiger partial charge on any atom is 0.244 e. The van der Waals surface area contributed by atoms with Crippen molar-refractivity contribution >= 4 is 37.6 Å². The molecule has 3 nitrogen and oxygen atoms in total. The van der Waals surface area contributed by atoms with E-state index in [1.165, 1.54) is 9.88 Å². The Labute approximate surface area is 140 Å². The minimum absolute atomic E-state index is 0.0884. The molecule has 1 heterocycles. The van der Waals surface area contributed by atoms with Crippen LogP contribution in [0, 0.1) is 5.41 Å². The summed E-state index contributed by atoms with van der Waals surface area (Å²) < 4.78 is 27.6. The van der Waals surface area contributed by atoms with Gasteiger partial charge in [-0.2, -0.15) is 4.31 Å². The van der Waals surface area contributed by atoms with Crippen LogP contribution in [0.1, 0.15) is 27.2 Å². The van der Waals surface area contributed by atoms with Gasteiger partial charge >= 0.3 is 0 Å². The van der Waals surface area contributed by atoms with Crippen molar-refractivity contribution < 1.29 is 8.42 Å². The molecular formula is C15H19BrClNO2S. The predicted octanol–water partition coefficient (Wildman–Crippen LogP) is 4.47. The molecule has 116 valence electrons. The lowest BCUT2D eigenvalue weighted by Crippen LogP contribution is -2.36. The average molecular weight is 393 g/mol. The Kier molecular flexibility index (Phi) is 4.88. The number of rotatable bonds is 2. The first kappa shape index (κ1) is 17.0. The number of nitrogens with zero attached hydrogens (tertiary/aromatic N) is 1. The van der Waals surface area contributed by atoms with E-state index < -0.39 is 10.0 Å². The molecule has 0 spiro atoms. The summed E-state index contributed by atoms with van der Waals surface area (Å²) in [5, 5.41) is 0.245. The molecule has 0 unspecified atom stereocenters. The Morgan fingerprint density at radius 2 is 1.95 bits per heavy atom. The highest BCUT2D eigenvalue weighted by Gasteiger charge is 2.30. The third-order valence-corrected chi connectivity index (χ3v) is 6.49. The van der Waals surface area contributed by atoms with Gasteiger partial charge in [0.2, 0.25) is 10.0 Å². The highest BCUT2D eigenvalue weighted by molar-refractivity contribution is 9.10. The second-order valence-corrected chi connectivity index (χ2v) is 9.40. The fourth-order valence-corrected chi connectivity index (χ4v) is 4.77. The van der Waals surface area contributed by atoms with Crippen LogP contribution in [-0.2, 0) is 10.0 Å². The van der Waals surface area contributed by atoms with Crippen LogP contribution in [-0.4, -0.2) is 25.8 Å². The van der Waals surface area contributed by atoms with Crippen LogP contribution in [0.4, 0.5) is 0 Å². The van der Waals surface area contributed by atoms with Gasteiger partial charge in [-0.25, -0.2) is 8.42 Å². The van der Waals surface area contributed by atoms with Gasteiger partial charge in [0.25, 0.3) is 0 Å². The molecule has 0 aliphatic carbocycles. The largest absolute Gasteiger partial charge is 0.244 e. The summed E-state index contributed by atoms with van der Waals surface area (Å²) in [5.74, 6) is 0. The Bertz CT molecular complexity index is 677. The van der Waals surface area contributed by atoms with Gasteiger partial charge in [0.05, 0.1) is 5.02 Å². The van der Waals surface area contributed by atoms with Crippen molar-refractivity contribution in [3.05, 3.63) is 39.3 Å². The van der Waals surface area contributed by atoms with Crippen molar-refractivity contribution in [2.45, 2.75) is 32.1 Å². The molecule has 1 aromatic carbocycles. The summed E-state index contributed by atoms with van der Waals surface area (Å²) in [6.45, 7) is 7.34. The van der Waals surface area contributed by atoms with Crippen LogP contribution >= 0.6 is 27.5 Å². The summed E-state index contributed by atoms with van der Waals surface area (Å²) >= 11 is 9.37. The van der Waals surface area contributed by atoms with Gasteiger partial charge in [-0.05, 0) is 30.0 Å². The van der Waals surface area contributed by atoms with Crippen molar-refractivity contribution in [1.29, 1.82) is 0 Å². The third-order valence-electron chi connectivity index (χ3n) is 3.65. The van der Waals surface area contributed by atoms with Crippen molar-refractivity contribution in [2.24, 2.45) is 5.41 Å². The lowest BCUT2D eigenvalue weighted by atomic mass is 9.83. The minimum atomic E-state index is -3.54. The van der Waals surface area contributed by atoms with E-state index in [1.54, 1.807) is 18.2 Å². The SMILES string of the molecule is CC(C)(C)C1=CCN(S(=O)(=O)c2ccc(Br)cc2Cl)CC1. The molecule has 1 aliphatic heterocycles. The lowest BCUT2D eigenvalue weighted by molar-refractivity contribution is 0.389. The van der Waals surface area contributed by atoms with E-state index in [9.17, 15) is 8.42 Å². The molecule has 0 saturated carbocycles. The van der Waals surface area contributed by atoms with Gasteiger partial charge in [-0.1, -0.05) is 60.0 Å². The summed E-state index contributed by atoms with van der Waals surface area (Å²) in [6, 6.07) is 4.85. The molecule has 1 aromatic rings. The predicted molar refractivity (Wildman–Crippen MR) is 90.1 cm³/mol. The second kappa shape index (κ2) is 6.03. The molecule has 6 heteroatoms. The van der Waals surface area contributed by atoms with E-state index in [1.807, 2.05) is 6.08 Å². The summed E-state index contributed by atoms with van der Waals surface area (Å²) in [6.07, 6.45) is 2.78. The molecule has 2 rings (SSSR count). The zero-order valence-corrected chi connectivity index (χ0v) is 15.5. The first-order chi connectivity index (χ1) is 9.62. The number of sulfonamides is 1. The van der Waals surface area contributed by atoms with Crippen molar-refractivity contribution in [2.75, 3.05) is 13.1 Å². The molecule has 1 aliphatic rings. The van der Waals surface area contributed by atoms with Gasteiger partial charge in [0, 0.05) is 17.6 Å². The van der Waals surface area contributed by atoms with Crippen molar-refractivity contribution in [3.63, 3.8) is 0 Å². The van der Waals surface area contributed by atoms with Gasteiger partial charge in [-0.3, -0.25) is 0 Å². The smallest absolute Gasteiger partial charge is 0.207 e. The molecule has 0 saturated heterocycles.